The van der Waals surface area contributed by atoms with Crippen molar-refractivity contribution in [2.75, 3.05) is 6.54 Å². The summed E-state index contributed by atoms with van der Waals surface area (Å²) in [5.41, 5.74) is 0.657. The molecule has 3 atom stereocenters. The van der Waals surface area contributed by atoms with Gasteiger partial charge in [0, 0.05) is 18.2 Å². The SMILES string of the molecule is CCC1CCNC(CC(O)c2cccc([N+](=O)[O-])c2)C1. The Morgan fingerprint density at radius 3 is 3.05 bits per heavy atom. The van der Waals surface area contributed by atoms with E-state index in [-0.39, 0.29) is 5.69 Å². The van der Waals surface area contributed by atoms with Gasteiger partial charge in [-0.1, -0.05) is 25.5 Å². The molecule has 1 aliphatic heterocycles. The topological polar surface area (TPSA) is 75.4 Å². The number of benzene rings is 1. The highest BCUT2D eigenvalue weighted by molar-refractivity contribution is 5.35. The first-order chi connectivity index (χ1) is 9.60. The summed E-state index contributed by atoms with van der Waals surface area (Å²) >= 11 is 0. The van der Waals surface area contributed by atoms with Crippen molar-refractivity contribution in [3.63, 3.8) is 0 Å². The summed E-state index contributed by atoms with van der Waals surface area (Å²) in [5, 5.41) is 24.5. The van der Waals surface area contributed by atoms with E-state index in [1.807, 2.05) is 0 Å². The quantitative estimate of drug-likeness (QED) is 0.641. The van der Waals surface area contributed by atoms with Gasteiger partial charge in [-0.25, -0.2) is 0 Å². The lowest BCUT2D eigenvalue weighted by Gasteiger charge is -2.31. The van der Waals surface area contributed by atoms with E-state index in [9.17, 15) is 15.2 Å². The van der Waals surface area contributed by atoms with Crippen LogP contribution in [0.15, 0.2) is 24.3 Å². The number of piperidine rings is 1. The molecule has 1 aliphatic rings. The van der Waals surface area contributed by atoms with Crippen LogP contribution < -0.4 is 5.32 Å². The van der Waals surface area contributed by atoms with Crippen LogP contribution in [0, 0.1) is 16.0 Å². The fraction of sp³-hybridized carbons (Fsp3) is 0.600. The van der Waals surface area contributed by atoms with Gasteiger partial charge in [0.15, 0.2) is 0 Å². The third kappa shape index (κ3) is 3.77. The number of nitrogens with one attached hydrogen (secondary N) is 1. The summed E-state index contributed by atoms with van der Waals surface area (Å²) < 4.78 is 0. The molecule has 0 aromatic heterocycles. The summed E-state index contributed by atoms with van der Waals surface area (Å²) in [6.07, 6.45) is 3.40. The maximum Gasteiger partial charge on any atom is 0.269 e. The Kier molecular flexibility index (Phi) is 5.09. The van der Waals surface area contributed by atoms with Gasteiger partial charge in [0.25, 0.3) is 5.69 Å². The van der Waals surface area contributed by atoms with Gasteiger partial charge in [0.05, 0.1) is 11.0 Å². The van der Waals surface area contributed by atoms with Gasteiger partial charge < -0.3 is 10.4 Å². The van der Waals surface area contributed by atoms with Crippen LogP contribution in [0.25, 0.3) is 0 Å². The Morgan fingerprint density at radius 2 is 2.35 bits per heavy atom. The molecule has 0 bridgehead atoms. The zero-order valence-electron chi connectivity index (χ0n) is 11.8. The number of hydrogen-bond acceptors (Lipinski definition) is 4. The Bertz CT molecular complexity index is 464. The van der Waals surface area contributed by atoms with E-state index in [0.29, 0.717) is 18.0 Å². The van der Waals surface area contributed by atoms with Gasteiger partial charge in [0.2, 0.25) is 0 Å². The number of nitro benzene ring substituents is 1. The lowest BCUT2D eigenvalue weighted by Crippen LogP contribution is -2.38. The van der Waals surface area contributed by atoms with E-state index in [0.717, 1.165) is 18.9 Å². The zero-order chi connectivity index (χ0) is 14.5. The van der Waals surface area contributed by atoms with E-state index >= 15 is 0 Å². The highest BCUT2D eigenvalue weighted by Gasteiger charge is 2.23. The van der Waals surface area contributed by atoms with E-state index in [1.165, 1.54) is 25.0 Å². The molecular weight excluding hydrogens is 256 g/mol. The molecule has 1 heterocycles. The summed E-state index contributed by atoms with van der Waals surface area (Å²) in [6, 6.07) is 6.58. The van der Waals surface area contributed by atoms with Gasteiger partial charge >= 0.3 is 0 Å². The molecule has 3 unspecified atom stereocenters. The molecule has 1 aromatic rings. The maximum absolute atomic E-state index is 10.8. The van der Waals surface area contributed by atoms with Crippen molar-refractivity contribution < 1.29 is 10.0 Å². The number of nitrogens with zero attached hydrogens (tertiary/aromatic N) is 1. The lowest BCUT2D eigenvalue weighted by molar-refractivity contribution is -0.385. The second-order valence-corrected chi connectivity index (χ2v) is 5.55. The Morgan fingerprint density at radius 1 is 1.55 bits per heavy atom. The molecule has 2 rings (SSSR count). The largest absolute Gasteiger partial charge is 0.388 e. The molecule has 5 heteroatoms. The lowest BCUT2D eigenvalue weighted by atomic mass is 9.87. The first-order valence-corrected chi connectivity index (χ1v) is 7.26. The van der Waals surface area contributed by atoms with Crippen LogP contribution in [0.2, 0.25) is 0 Å². The minimum absolute atomic E-state index is 0.0320. The maximum atomic E-state index is 10.8. The molecule has 1 fully saturated rings. The minimum atomic E-state index is -0.650. The summed E-state index contributed by atoms with van der Waals surface area (Å²) in [4.78, 5) is 10.3. The average molecular weight is 278 g/mol. The van der Waals surface area contributed by atoms with Gasteiger partial charge in [-0.3, -0.25) is 10.1 Å². The number of nitro groups is 1. The fourth-order valence-electron chi connectivity index (χ4n) is 2.90. The second kappa shape index (κ2) is 6.81. The van der Waals surface area contributed by atoms with Gasteiger partial charge in [-0.2, -0.15) is 0 Å². The standard InChI is InChI=1S/C15H22N2O3/c1-2-11-6-7-16-13(8-11)10-15(18)12-4-3-5-14(9-12)17(19)20/h3-5,9,11,13,15-16,18H,2,6-8,10H2,1H3. The second-order valence-electron chi connectivity index (χ2n) is 5.55. The zero-order valence-corrected chi connectivity index (χ0v) is 11.8. The molecule has 0 saturated carbocycles. The molecule has 0 amide bonds. The predicted octanol–water partition coefficient (Wildman–Crippen LogP) is 2.80. The molecule has 0 aliphatic carbocycles. The molecule has 20 heavy (non-hydrogen) atoms. The molecule has 0 radical (unpaired) electrons. The monoisotopic (exact) mass is 278 g/mol. The highest BCUT2D eigenvalue weighted by Crippen LogP contribution is 2.27. The van der Waals surface area contributed by atoms with E-state index in [2.05, 4.69) is 12.2 Å². The molecule has 1 saturated heterocycles. The fourth-order valence-corrected chi connectivity index (χ4v) is 2.90. The van der Waals surface area contributed by atoms with Crippen molar-refractivity contribution >= 4 is 5.69 Å². The third-order valence-corrected chi connectivity index (χ3v) is 4.15. The third-order valence-electron chi connectivity index (χ3n) is 4.15. The average Bonchev–Trinajstić information content (AvgIpc) is 2.47. The van der Waals surface area contributed by atoms with E-state index in [4.69, 9.17) is 0 Å². The van der Waals surface area contributed by atoms with E-state index in [1.54, 1.807) is 12.1 Å². The van der Waals surface area contributed by atoms with Gasteiger partial charge in [0.1, 0.15) is 0 Å². The molecular formula is C15H22N2O3. The highest BCUT2D eigenvalue weighted by atomic mass is 16.6. The van der Waals surface area contributed by atoms with Crippen LogP contribution in [0.3, 0.4) is 0 Å². The van der Waals surface area contributed by atoms with Gasteiger partial charge in [-0.05, 0) is 37.3 Å². The first-order valence-electron chi connectivity index (χ1n) is 7.26. The Hall–Kier alpha value is -1.46. The first kappa shape index (κ1) is 14.9. The number of rotatable bonds is 5. The summed E-state index contributed by atoms with van der Waals surface area (Å²) in [6.45, 7) is 3.19. The number of hydrogen-bond donors (Lipinski definition) is 2. The van der Waals surface area contributed by atoms with Crippen molar-refractivity contribution in [3.8, 4) is 0 Å². The van der Waals surface area contributed by atoms with Crippen LogP contribution in [0.1, 0.15) is 44.3 Å². The van der Waals surface area contributed by atoms with Crippen LogP contribution >= 0.6 is 0 Å². The molecule has 1 aromatic carbocycles. The van der Waals surface area contributed by atoms with Crippen molar-refractivity contribution in [2.45, 2.75) is 44.8 Å². The normalized spacial score (nSPS) is 24.3. The van der Waals surface area contributed by atoms with E-state index < -0.39 is 11.0 Å². The predicted molar refractivity (Wildman–Crippen MR) is 77.5 cm³/mol. The van der Waals surface area contributed by atoms with Crippen molar-refractivity contribution in [1.82, 2.24) is 5.32 Å². The molecule has 110 valence electrons. The van der Waals surface area contributed by atoms with Crippen molar-refractivity contribution in [3.05, 3.63) is 39.9 Å². The van der Waals surface area contributed by atoms with Crippen molar-refractivity contribution in [2.24, 2.45) is 5.92 Å². The van der Waals surface area contributed by atoms with Crippen LogP contribution in [-0.2, 0) is 0 Å². The Balaban J connectivity index is 1.99. The number of aliphatic hydroxyl groups excluding tert-OH is 1. The molecule has 2 N–H and O–H groups in total. The van der Waals surface area contributed by atoms with Crippen molar-refractivity contribution in [1.29, 1.82) is 0 Å². The van der Waals surface area contributed by atoms with Gasteiger partial charge in [-0.15, -0.1) is 0 Å². The summed E-state index contributed by atoms with van der Waals surface area (Å²) in [5.74, 6) is 0.721. The van der Waals surface area contributed by atoms with Crippen LogP contribution in [0.5, 0.6) is 0 Å². The molecule has 5 nitrogen and oxygen atoms in total. The number of aliphatic hydroxyl groups is 1. The van der Waals surface area contributed by atoms with Crippen LogP contribution in [-0.4, -0.2) is 22.6 Å². The summed E-state index contributed by atoms with van der Waals surface area (Å²) in [7, 11) is 0. The van der Waals surface area contributed by atoms with Crippen LogP contribution in [0.4, 0.5) is 5.69 Å². The minimum Gasteiger partial charge on any atom is -0.388 e. The molecule has 0 spiro atoms. The number of non-ortho nitro benzene ring substituents is 1. The Labute approximate surface area is 119 Å². The smallest absolute Gasteiger partial charge is 0.269 e.